The molecule has 1 aliphatic rings. The Morgan fingerprint density at radius 2 is 1.78 bits per heavy atom. The Hall–Kier alpha value is -1.71. The number of ether oxygens (including phenoxy) is 2. The van der Waals surface area contributed by atoms with Gasteiger partial charge < -0.3 is 9.47 Å². The Morgan fingerprint density at radius 1 is 1.04 bits per heavy atom. The van der Waals surface area contributed by atoms with E-state index in [-0.39, 0.29) is 17.8 Å². The Balaban J connectivity index is 1.62. The molecule has 144 valence electrons. The van der Waals surface area contributed by atoms with Crippen molar-refractivity contribution in [3.05, 3.63) is 63.6 Å². The third-order valence-electron chi connectivity index (χ3n) is 4.94. The van der Waals surface area contributed by atoms with E-state index >= 15 is 0 Å². The SMILES string of the molecule is CCCCOc1ccc(C[C@H]2COC(=O)[C@@H]2Cc2ccc(Cl)c(Cl)c2)cc1. The minimum absolute atomic E-state index is 0.134. The zero-order valence-electron chi connectivity index (χ0n) is 15.4. The molecule has 0 spiro atoms. The van der Waals surface area contributed by atoms with Gasteiger partial charge in [0.25, 0.3) is 0 Å². The van der Waals surface area contributed by atoms with Gasteiger partial charge in [-0.05, 0) is 54.7 Å². The normalized spacial score (nSPS) is 19.1. The maximum absolute atomic E-state index is 12.2. The molecule has 0 bridgehead atoms. The molecule has 1 saturated heterocycles. The molecule has 27 heavy (non-hydrogen) atoms. The maximum Gasteiger partial charge on any atom is 0.309 e. The number of carbonyl (C=O) groups is 1. The molecule has 1 heterocycles. The standard InChI is InChI=1S/C22H24Cl2O3/c1-2-3-10-26-18-7-4-15(5-8-18)11-17-14-27-22(25)19(17)12-16-6-9-20(23)21(24)13-16/h4-9,13,17,19H,2-3,10-12,14H2,1H3/t17-,19+/m0/s1. The summed E-state index contributed by atoms with van der Waals surface area (Å²) in [6, 6.07) is 13.6. The van der Waals surface area contributed by atoms with E-state index in [1.807, 2.05) is 24.3 Å². The fraction of sp³-hybridized carbons (Fsp3) is 0.409. The molecule has 1 fully saturated rings. The van der Waals surface area contributed by atoms with Gasteiger partial charge >= 0.3 is 5.97 Å². The first kappa shape index (κ1) is 20.0. The molecule has 0 radical (unpaired) electrons. The van der Waals surface area contributed by atoms with Crippen LogP contribution in [0.1, 0.15) is 30.9 Å². The van der Waals surface area contributed by atoms with E-state index in [1.165, 1.54) is 5.56 Å². The molecule has 1 aliphatic heterocycles. The Bertz CT molecular complexity index is 774. The smallest absolute Gasteiger partial charge is 0.309 e. The largest absolute Gasteiger partial charge is 0.494 e. The van der Waals surface area contributed by atoms with Crippen LogP contribution in [0.25, 0.3) is 0 Å². The average Bonchev–Trinajstić information content (AvgIpc) is 3.00. The average molecular weight is 407 g/mol. The fourth-order valence-corrected chi connectivity index (χ4v) is 3.66. The number of hydrogen-bond donors (Lipinski definition) is 0. The van der Waals surface area contributed by atoms with Gasteiger partial charge in [-0.2, -0.15) is 0 Å². The van der Waals surface area contributed by atoms with Gasteiger partial charge in [-0.15, -0.1) is 0 Å². The maximum atomic E-state index is 12.2. The Labute approximate surface area is 170 Å². The summed E-state index contributed by atoms with van der Waals surface area (Å²) in [5, 5.41) is 1.03. The van der Waals surface area contributed by atoms with Crippen molar-refractivity contribution in [1.29, 1.82) is 0 Å². The number of hydrogen-bond acceptors (Lipinski definition) is 3. The number of halogens is 2. The second kappa shape index (κ2) is 9.48. The number of cyclic esters (lactones) is 1. The zero-order valence-corrected chi connectivity index (χ0v) is 16.9. The molecule has 0 saturated carbocycles. The number of benzene rings is 2. The zero-order chi connectivity index (χ0) is 19.2. The van der Waals surface area contributed by atoms with Crippen LogP contribution in [0.2, 0.25) is 10.0 Å². The molecular formula is C22H24Cl2O3. The first-order valence-electron chi connectivity index (χ1n) is 9.39. The highest BCUT2D eigenvalue weighted by Gasteiger charge is 2.36. The molecule has 0 amide bonds. The van der Waals surface area contributed by atoms with Gasteiger partial charge in [0.1, 0.15) is 5.75 Å². The molecule has 2 atom stereocenters. The van der Waals surface area contributed by atoms with Crippen LogP contribution in [0.3, 0.4) is 0 Å². The second-order valence-electron chi connectivity index (χ2n) is 7.00. The Kier molecular flexibility index (Phi) is 7.03. The third-order valence-corrected chi connectivity index (χ3v) is 5.68. The van der Waals surface area contributed by atoms with Crippen LogP contribution < -0.4 is 4.74 Å². The summed E-state index contributed by atoms with van der Waals surface area (Å²) >= 11 is 12.1. The van der Waals surface area contributed by atoms with Gasteiger partial charge in [0.05, 0.1) is 29.2 Å². The third kappa shape index (κ3) is 5.40. The highest BCUT2D eigenvalue weighted by atomic mass is 35.5. The van der Waals surface area contributed by atoms with Crippen molar-refractivity contribution in [3.8, 4) is 5.75 Å². The fourth-order valence-electron chi connectivity index (χ4n) is 3.34. The van der Waals surface area contributed by atoms with Gasteiger partial charge in [0, 0.05) is 5.92 Å². The lowest BCUT2D eigenvalue weighted by Gasteiger charge is -2.16. The molecule has 3 nitrogen and oxygen atoms in total. The molecule has 0 N–H and O–H groups in total. The van der Waals surface area contributed by atoms with Crippen molar-refractivity contribution in [2.24, 2.45) is 11.8 Å². The van der Waals surface area contributed by atoms with Crippen molar-refractivity contribution in [2.45, 2.75) is 32.6 Å². The molecule has 5 heteroatoms. The van der Waals surface area contributed by atoms with Crippen LogP contribution in [0.15, 0.2) is 42.5 Å². The van der Waals surface area contributed by atoms with E-state index in [9.17, 15) is 4.79 Å². The summed E-state index contributed by atoms with van der Waals surface area (Å²) in [4.78, 5) is 12.2. The topological polar surface area (TPSA) is 35.5 Å². The van der Waals surface area contributed by atoms with Crippen LogP contribution in [0.5, 0.6) is 5.75 Å². The Morgan fingerprint density at radius 3 is 2.48 bits per heavy atom. The first-order chi connectivity index (χ1) is 13.1. The van der Waals surface area contributed by atoms with Crippen molar-refractivity contribution in [2.75, 3.05) is 13.2 Å². The van der Waals surface area contributed by atoms with E-state index in [0.29, 0.717) is 23.1 Å². The van der Waals surface area contributed by atoms with Gasteiger partial charge in [0.15, 0.2) is 0 Å². The van der Waals surface area contributed by atoms with Crippen LogP contribution >= 0.6 is 23.2 Å². The summed E-state index contributed by atoms with van der Waals surface area (Å²) in [6.45, 7) is 3.35. The first-order valence-corrected chi connectivity index (χ1v) is 10.1. The summed E-state index contributed by atoms with van der Waals surface area (Å²) in [5.41, 5.74) is 2.18. The second-order valence-corrected chi connectivity index (χ2v) is 7.81. The van der Waals surface area contributed by atoms with Gasteiger partial charge in [-0.1, -0.05) is 54.7 Å². The quantitative estimate of drug-likeness (QED) is 0.413. The van der Waals surface area contributed by atoms with E-state index in [1.54, 1.807) is 6.07 Å². The predicted octanol–water partition coefficient (Wildman–Crippen LogP) is 5.75. The van der Waals surface area contributed by atoms with Gasteiger partial charge in [-0.3, -0.25) is 4.79 Å². The lowest BCUT2D eigenvalue weighted by Crippen LogP contribution is -2.20. The lowest BCUT2D eigenvalue weighted by atomic mass is 9.85. The van der Waals surface area contributed by atoms with Crippen LogP contribution in [0.4, 0.5) is 0 Å². The number of carbonyl (C=O) groups excluding carboxylic acids is 1. The summed E-state index contributed by atoms with van der Waals surface area (Å²) in [6.07, 6.45) is 3.58. The van der Waals surface area contributed by atoms with Crippen LogP contribution in [-0.4, -0.2) is 19.2 Å². The van der Waals surface area contributed by atoms with Crippen molar-refractivity contribution >= 4 is 29.2 Å². The van der Waals surface area contributed by atoms with Crippen LogP contribution in [0, 0.1) is 11.8 Å². The van der Waals surface area contributed by atoms with E-state index < -0.39 is 0 Å². The van der Waals surface area contributed by atoms with Gasteiger partial charge in [-0.25, -0.2) is 0 Å². The highest BCUT2D eigenvalue weighted by Crippen LogP contribution is 2.31. The molecule has 0 unspecified atom stereocenters. The predicted molar refractivity (Wildman–Crippen MR) is 109 cm³/mol. The van der Waals surface area contributed by atoms with E-state index in [4.69, 9.17) is 32.7 Å². The van der Waals surface area contributed by atoms with E-state index in [0.717, 1.165) is 37.2 Å². The van der Waals surface area contributed by atoms with Crippen molar-refractivity contribution in [1.82, 2.24) is 0 Å². The molecule has 3 rings (SSSR count). The summed E-state index contributed by atoms with van der Waals surface area (Å²) in [7, 11) is 0. The van der Waals surface area contributed by atoms with Crippen molar-refractivity contribution in [3.63, 3.8) is 0 Å². The molecule has 2 aromatic carbocycles. The van der Waals surface area contributed by atoms with Gasteiger partial charge in [0.2, 0.25) is 0 Å². The minimum atomic E-state index is -0.164. The highest BCUT2D eigenvalue weighted by molar-refractivity contribution is 6.42. The van der Waals surface area contributed by atoms with E-state index in [2.05, 4.69) is 19.1 Å². The van der Waals surface area contributed by atoms with Crippen LogP contribution in [-0.2, 0) is 22.4 Å². The molecule has 0 aliphatic carbocycles. The number of rotatable bonds is 8. The van der Waals surface area contributed by atoms with Crippen molar-refractivity contribution < 1.29 is 14.3 Å². The lowest BCUT2D eigenvalue weighted by molar-refractivity contribution is -0.141. The summed E-state index contributed by atoms with van der Waals surface area (Å²) < 4.78 is 11.1. The monoisotopic (exact) mass is 406 g/mol. The molecule has 2 aromatic rings. The molecule has 0 aromatic heterocycles. The number of unbranched alkanes of at least 4 members (excludes halogenated alkanes) is 1. The summed E-state index contributed by atoms with van der Waals surface area (Å²) in [5.74, 6) is 0.741. The molecular weight excluding hydrogens is 383 g/mol. The minimum Gasteiger partial charge on any atom is -0.494 e. The number of esters is 1.